The largest absolute Gasteiger partial charge is 0.452 e. The Kier molecular flexibility index (Phi) is 3.36. The number of carbonyl (C=O) groups excluding carboxylic acids is 1. The van der Waals surface area contributed by atoms with E-state index in [0.29, 0.717) is 38.4 Å². The van der Waals surface area contributed by atoms with Crippen LogP contribution in [0.3, 0.4) is 0 Å². The molecular weight excluding hydrogens is 300 g/mol. The number of halogens is 1. The molecule has 3 rings (SSSR count). The number of fused-ring (bicyclic) bond motifs is 1. The summed E-state index contributed by atoms with van der Waals surface area (Å²) in [7, 11) is 0. The number of nitrogen functional groups attached to an aromatic ring is 1. The van der Waals surface area contributed by atoms with Crippen LogP contribution in [0.25, 0.3) is 11.0 Å². The first-order valence-electron chi connectivity index (χ1n) is 6.54. The molecule has 0 aliphatic carbocycles. The van der Waals surface area contributed by atoms with Gasteiger partial charge in [-0.3, -0.25) is 4.79 Å². The zero-order chi connectivity index (χ0) is 15.9. The van der Waals surface area contributed by atoms with Crippen molar-refractivity contribution in [1.82, 2.24) is 0 Å². The summed E-state index contributed by atoms with van der Waals surface area (Å²) < 4.78 is 5.65. The second-order valence-electron chi connectivity index (χ2n) is 4.94. The van der Waals surface area contributed by atoms with Gasteiger partial charge in [-0.15, -0.1) is 0 Å². The lowest BCUT2D eigenvalue weighted by Gasteiger charge is -1.99. The Morgan fingerprint density at radius 1 is 1.27 bits per heavy atom. The Morgan fingerprint density at radius 2 is 1.95 bits per heavy atom. The summed E-state index contributed by atoms with van der Waals surface area (Å²) in [6.45, 7) is 1.78. The zero-order valence-electron chi connectivity index (χ0n) is 11.7. The maximum absolute atomic E-state index is 12.6. The first-order chi connectivity index (χ1) is 10.5. The lowest BCUT2D eigenvalue weighted by Crippen LogP contribution is -2.01. The van der Waals surface area contributed by atoms with Crippen LogP contribution in [0.4, 0.5) is 5.69 Å². The van der Waals surface area contributed by atoms with Crippen molar-refractivity contribution in [1.29, 1.82) is 5.26 Å². The average molecular weight is 311 g/mol. The molecule has 0 bridgehead atoms. The van der Waals surface area contributed by atoms with E-state index in [2.05, 4.69) is 0 Å². The number of nitrogens with zero attached hydrogens (tertiary/aromatic N) is 1. The molecule has 22 heavy (non-hydrogen) atoms. The molecule has 0 fully saturated rings. The quantitative estimate of drug-likeness (QED) is 0.571. The number of hydrogen-bond donors (Lipinski definition) is 1. The Bertz CT molecular complexity index is 934. The second kappa shape index (κ2) is 5.21. The van der Waals surface area contributed by atoms with Crippen molar-refractivity contribution >= 4 is 34.0 Å². The fourth-order valence-electron chi connectivity index (χ4n) is 2.33. The third-order valence-corrected chi connectivity index (χ3v) is 3.79. The number of hydrogen-bond acceptors (Lipinski definition) is 4. The van der Waals surface area contributed by atoms with Gasteiger partial charge in [-0.25, -0.2) is 0 Å². The van der Waals surface area contributed by atoms with E-state index >= 15 is 0 Å². The van der Waals surface area contributed by atoms with Crippen molar-refractivity contribution in [3.63, 3.8) is 0 Å². The van der Waals surface area contributed by atoms with Gasteiger partial charge in [-0.05, 0) is 37.3 Å². The van der Waals surface area contributed by atoms with Gasteiger partial charge in [0.1, 0.15) is 11.7 Å². The number of ketones is 1. The van der Waals surface area contributed by atoms with Crippen LogP contribution < -0.4 is 5.73 Å². The van der Waals surface area contributed by atoms with Crippen molar-refractivity contribution in [2.75, 3.05) is 5.73 Å². The van der Waals surface area contributed by atoms with Crippen LogP contribution in [0.2, 0.25) is 5.02 Å². The molecule has 0 saturated carbocycles. The van der Waals surface area contributed by atoms with Crippen LogP contribution in [0.5, 0.6) is 0 Å². The van der Waals surface area contributed by atoms with Crippen molar-refractivity contribution in [3.8, 4) is 6.07 Å². The van der Waals surface area contributed by atoms with Crippen molar-refractivity contribution < 1.29 is 9.21 Å². The summed E-state index contributed by atoms with van der Waals surface area (Å²) in [5.41, 5.74) is 8.13. The molecule has 0 spiro atoms. The highest BCUT2D eigenvalue weighted by atomic mass is 35.5. The SMILES string of the molecule is Cc1c(C(=O)c2ccc(Cl)cc2)oc2cc(N)c(C#N)cc12. The summed E-state index contributed by atoms with van der Waals surface area (Å²) in [5, 5.41) is 10.3. The molecule has 108 valence electrons. The predicted octanol–water partition coefficient (Wildman–Crippen LogP) is 4.08. The predicted molar refractivity (Wildman–Crippen MR) is 85.0 cm³/mol. The van der Waals surface area contributed by atoms with Gasteiger partial charge >= 0.3 is 0 Å². The Hall–Kier alpha value is -2.77. The van der Waals surface area contributed by atoms with Crippen LogP contribution in [0.1, 0.15) is 27.2 Å². The lowest BCUT2D eigenvalue weighted by atomic mass is 10.0. The van der Waals surface area contributed by atoms with Gasteiger partial charge in [0.25, 0.3) is 0 Å². The lowest BCUT2D eigenvalue weighted by molar-refractivity contribution is 0.101. The highest BCUT2D eigenvalue weighted by Crippen LogP contribution is 2.30. The van der Waals surface area contributed by atoms with Gasteiger partial charge in [0.05, 0.1) is 11.3 Å². The molecule has 0 radical (unpaired) electrons. The van der Waals surface area contributed by atoms with E-state index in [-0.39, 0.29) is 11.5 Å². The highest BCUT2D eigenvalue weighted by molar-refractivity contribution is 6.30. The number of rotatable bonds is 2. The number of nitriles is 1. The number of nitrogens with two attached hydrogens (primary N) is 1. The van der Waals surface area contributed by atoms with Gasteiger partial charge in [0.2, 0.25) is 5.78 Å². The van der Waals surface area contributed by atoms with Crippen molar-refractivity contribution in [3.05, 3.63) is 63.9 Å². The van der Waals surface area contributed by atoms with Gasteiger partial charge < -0.3 is 10.2 Å². The van der Waals surface area contributed by atoms with E-state index in [1.165, 1.54) is 0 Å². The van der Waals surface area contributed by atoms with Gasteiger partial charge in [-0.2, -0.15) is 5.26 Å². The molecule has 4 nitrogen and oxygen atoms in total. The molecular formula is C17H11ClN2O2. The fraction of sp³-hybridized carbons (Fsp3) is 0.0588. The van der Waals surface area contributed by atoms with Crippen LogP contribution in [0, 0.1) is 18.3 Å². The summed E-state index contributed by atoms with van der Waals surface area (Å²) in [6, 6.07) is 11.8. The Balaban J connectivity index is 2.15. The molecule has 0 saturated heterocycles. The first kappa shape index (κ1) is 14.2. The molecule has 5 heteroatoms. The van der Waals surface area contributed by atoms with Crippen molar-refractivity contribution in [2.45, 2.75) is 6.92 Å². The second-order valence-corrected chi connectivity index (χ2v) is 5.38. The standard InChI is InChI=1S/C17H11ClN2O2/c1-9-13-6-11(8-19)14(20)7-15(13)22-17(9)16(21)10-2-4-12(18)5-3-10/h2-7H,20H2,1H3. The molecule has 0 unspecified atom stereocenters. The van der Waals surface area contributed by atoms with E-state index < -0.39 is 0 Å². The number of furan rings is 1. The molecule has 1 aromatic heterocycles. The third-order valence-electron chi connectivity index (χ3n) is 3.54. The van der Waals surface area contributed by atoms with E-state index in [9.17, 15) is 4.79 Å². The number of anilines is 1. The van der Waals surface area contributed by atoms with Gasteiger partial charge in [0.15, 0.2) is 5.76 Å². The third kappa shape index (κ3) is 2.22. The van der Waals surface area contributed by atoms with E-state index in [4.69, 9.17) is 27.0 Å². The average Bonchev–Trinajstić information content (AvgIpc) is 2.82. The van der Waals surface area contributed by atoms with Gasteiger partial charge in [-0.1, -0.05) is 11.6 Å². The minimum absolute atomic E-state index is 0.234. The summed E-state index contributed by atoms with van der Waals surface area (Å²) in [4.78, 5) is 12.6. The van der Waals surface area contributed by atoms with Gasteiger partial charge in [0, 0.05) is 27.6 Å². The molecule has 2 aromatic carbocycles. The van der Waals surface area contributed by atoms with Crippen LogP contribution in [-0.2, 0) is 0 Å². The minimum Gasteiger partial charge on any atom is -0.452 e. The highest BCUT2D eigenvalue weighted by Gasteiger charge is 2.20. The van der Waals surface area contributed by atoms with Crippen molar-refractivity contribution in [2.24, 2.45) is 0 Å². The number of carbonyl (C=O) groups is 1. The maximum atomic E-state index is 12.6. The molecule has 1 heterocycles. The molecule has 0 atom stereocenters. The van der Waals surface area contributed by atoms with Crippen LogP contribution >= 0.6 is 11.6 Å². The molecule has 0 aliphatic rings. The Labute approximate surface area is 131 Å². The zero-order valence-corrected chi connectivity index (χ0v) is 12.4. The summed E-state index contributed by atoms with van der Waals surface area (Å²) >= 11 is 5.83. The van der Waals surface area contributed by atoms with Crippen LogP contribution in [0.15, 0.2) is 40.8 Å². The molecule has 3 aromatic rings. The normalized spacial score (nSPS) is 10.6. The van der Waals surface area contributed by atoms with Crippen LogP contribution in [-0.4, -0.2) is 5.78 Å². The van der Waals surface area contributed by atoms with E-state index in [1.54, 1.807) is 43.3 Å². The van der Waals surface area contributed by atoms with E-state index in [1.807, 2.05) is 6.07 Å². The monoisotopic (exact) mass is 310 g/mol. The smallest absolute Gasteiger partial charge is 0.228 e. The molecule has 0 aliphatic heterocycles. The summed E-state index contributed by atoms with van der Waals surface area (Å²) in [6.07, 6.45) is 0. The first-order valence-corrected chi connectivity index (χ1v) is 6.92. The Morgan fingerprint density at radius 3 is 2.59 bits per heavy atom. The fourth-order valence-corrected chi connectivity index (χ4v) is 2.45. The minimum atomic E-state index is -0.234. The topological polar surface area (TPSA) is 80.0 Å². The number of benzene rings is 2. The molecule has 2 N–H and O–H groups in total. The maximum Gasteiger partial charge on any atom is 0.228 e. The van der Waals surface area contributed by atoms with E-state index in [0.717, 1.165) is 0 Å². The summed E-state index contributed by atoms with van der Waals surface area (Å²) in [5.74, 6) is 0.00857. The molecule has 0 amide bonds. The number of aryl methyl sites for hydroxylation is 1.